The van der Waals surface area contributed by atoms with Crippen LogP contribution in [0.2, 0.25) is 0 Å². The van der Waals surface area contributed by atoms with Crippen LogP contribution < -0.4 is 0 Å². The lowest BCUT2D eigenvalue weighted by atomic mass is 9.81. The monoisotopic (exact) mass is 284 g/mol. The summed E-state index contributed by atoms with van der Waals surface area (Å²) in [6.45, 7) is 9.97. The van der Waals surface area contributed by atoms with E-state index in [0.29, 0.717) is 5.41 Å². The second kappa shape index (κ2) is 7.90. The van der Waals surface area contributed by atoms with Crippen molar-refractivity contribution in [2.45, 2.75) is 51.9 Å². The summed E-state index contributed by atoms with van der Waals surface area (Å²) in [5, 5.41) is 0. The molecule has 0 radical (unpaired) electrons. The Hall–Kier alpha value is 0.270. The van der Waals surface area contributed by atoms with Crippen molar-refractivity contribution in [2.75, 3.05) is 45.0 Å². The number of thiol groups is 1. The van der Waals surface area contributed by atoms with Gasteiger partial charge in [0.25, 0.3) is 0 Å². The van der Waals surface area contributed by atoms with Gasteiger partial charge in [0.2, 0.25) is 0 Å². The molecule has 3 heteroatoms. The maximum absolute atomic E-state index is 4.71. The van der Waals surface area contributed by atoms with Crippen molar-refractivity contribution in [3.05, 3.63) is 0 Å². The summed E-state index contributed by atoms with van der Waals surface area (Å²) in [6, 6.07) is 0. The summed E-state index contributed by atoms with van der Waals surface area (Å²) in [4.78, 5) is 5.34. The van der Waals surface area contributed by atoms with E-state index in [9.17, 15) is 0 Å². The van der Waals surface area contributed by atoms with Gasteiger partial charge in [-0.15, -0.1) is 0 Å². The van der Waals surface area contributed by atoms with Crippen LogP contribution in [-0.4, -0.2) is 54.8 Å². The molecule has 0 aromatic carbocycles. The van der Waals surface area contributed by atoms with Gasteiger partial charge >= 0.3 is 0 Å². The van der Waals surface area contributed by atoms with Gasteiger partial charge in [-0.25, -0.2) is 0 Å². The molecule has 2 rings (SSSR count). The van der Waals surface area contributed by atoms with Crippen molar-refractivity contribution in [3.63, 3.8) is 0 Å². The van der Waals surface area contributed by atoms with Crippen LogP contribution in [0.1, 0.15) is 51.9 Å². The van der Waals surface area contributed by atoms with E-state index >= 15 is 0 Å². The summed E-state index contributed by atoms with van der Waals surface area (Å²) in [6.07, 6.45) is 9.85. The highest BCUT2D eigenvalue weighted by atomic mass is 32.1. The minimum absolute atomic E-state index is 0.520. The number of hydrogen-bond donors (Lipinski definition) is 1. The first-order chi connectivity index (χ1) is 9.28. The first-order valence-electron chi connectivity index (χ1n) is 8.33. The van der Waals surface area contributed by atoms with E-state index in [1.807, 2.05) is 0 Å². The largest absolute Gasteiger partial charge is 0.301 e. The van der Waals surface area contributed by atoms with Gasteiger partial charge in [0.1, 0.15) is 0 Å². The van der Waals surface area contributed by atoms with E-state index in [4.69, 9.17) is 12.6 Å². The van der Waals surface area contributed by atoms with Gasteiger partial charge in [0, 0.05) is 32.7 Å². The first kappa shape index (κ1) is 15.7. The van der Waals surface area contributed by atoms with E-state index in [0.717, 1.165) is 5.75 Å². The van der Waals surface area contributed by atoms with Gasteiger partial charge < -0.3 is 9.80 Å². The minimum atomic E-state index is 0.520. The Kier molecular flexibility index (Phi) is 6.51. The molecule has 0 spiro atoms. The second-order valence-corrected chi connectivity index (χ2v) is 7.01. The van der Waals surface area contributed by atoms with Gasteiger partial charge in [0.15, 0.2) is 0 Å². The Morgan fingerprint density at radius 2 is 1.47 bits per heavy atom. The van der Waals surface area contributed by atoms with Crippen molar-refractivity contribution in [2.24, 2.45) is 5.41 Å². The van der Waals surface area contributed by atoms with E-state index in [1.165, 1.54) is 84.2 Å². The molecule has 1 aliphatic carbocycles. The quantitative estimate of drug-likeness (QED) is 0.611. The molecule has 1 saturated heterocycles. The standard InChI is InChI=1S/C16H32N2S/c1-2-9-17-10-12-18(13-11-17)14-16(15-19)7-5-3-4-6-8-16/h19H,2-15H2,1H3. The summed E-state index contributed by atoms with van der Waals surface area (Å²) < 4.78 is 0. The van der Waals surface area contributed by atoms with E-state index in [2.05, 4.69) is 16.7 Å². The van der Waals surface area contributed by atoms with Crippen LogP contribution in [-0.2, 0) is 0 Å². The Bertz CT molecular complexity index is 241. The SMILES string of the molecule is CCCN1CCN(CC2(CS)CCCCCC2)CC1. The van der Waals surface area contributed by atoms with Crippen LogP contribution >= 0.6 is 12.6 Å². The summed E-state index contributed by atoms with van der Waals surface area (Å²) in [5.74, 6) is 1.09. The van der Waals surface area contributed by atoms with Crippen molar-refractivity contribution < 1.29 is 0 Å². The molecule has 2 nitrogen and oxygen atoms in total. The number of rotatable bonds is 5. The lowest BCUT2D eigenvalue weighted by Crippen LogP contribution is -2.50. The highest BCUT2D eigenvalue weighted by Crippen LogP contribution is 2.37. The molecule has 0 N–H and O–H groups in total. The highest BCUT2D eigenvalue weighted by Gasteiger charge is 2.32. The van der Waals surface area contributed by atoms with Gasteiger partial charge in [-0.1, -0.05) is 32.6 Å². The molecule has 2 fully saturated rings. The lowest BCUT2D eigenvalue weighted by molar-refractivity contribution is 0.0859. The van der Waals surface area contributed by atoms with Gasteiger partial charge in [-0.05, 0) is 37.0 Å². The smallest absolute Gasteiger partial charge is 0.0110 e. The molecular formula is C16H32N2S. The summed E-state index contributed by atoms with van der Waals surface area (Å²) in [5.41, 5.74) is 0.520. The van der Waals surface area contributed by atoms with Crippen LogP contribution in [0.4, 0.5) is 0 Å². The molecule has 0 unspecified atom stereocenters. The second-order valence-electron chi connectivity index (χ2n) is 6.69. The molecule has 0 aromatic rings. The molecule has 0 atom stereocenters. The zero-order valence-corrected chi connectivity index (χ0v) is 13.6. The van der Waals surface area contributed by atoms with Crippen LogP contribution in [0.15, 0.2) is 0 Å². The average Bonchev–Trinajstić information content (AvgIpc) is 2.68. The van der Waals surface area contributed by atoms with Crippen LogP contribution in [0.5, 0.6) is 0 Å². The average molecular weight is 285 g/mol. The molecule has 0 aromatic heterocycles. The van der Waals surface area contributed by atoms with Gasteiger partial charge in [0.05, 0.1) is 0 Å². The predicted molar refractivity (Wildman–Crippen MR) is 87.2 cm³/mol. The zero-order valence-electron chi connectivity index (χ0n) is 12.7. The Balaban J connectivity index is 1.82. The predicted octanol–water partition coefficient (Wildman–Crippen LogP) is 3.28. The van der Waals surface area contributed by atoms with Gasteiger partial charge in [-0.2, -0.15) is 12.6 Å². The van der Waals surface area contributed by atoms with Crippen LogP contribution in [0.3, 0.4) is 0 Å². The normalized spacial score (nSPS) is 26.2. The molecule has 1 saturated carbocycles. The Morgan fingerprint density at radius 3 is 2.00 bits per heavy atom. The molecular weight excluding hydrogens is 252 g/mol. The summed E-state index contributed by atoms with van der Waals surface area (Å²) in [7, 11) is 0. The molecule has 1 heterocycles. The third-order valence-corrected chi connectivity index (χ3v) is 5.73. The Labute approximate surface area is 125 Å². The molecule has 1 aliphatic heterocycles. The number of piperazine rings is 1. The lowest BCUT2D eigenvalue weighted by Gasteiger charge is -2.41. The molecule has 2 aliphatic rings. The molecule has 19 heavy (non-hydrogen) atoms. The van der Waals surface area contributed by atoms with Crippen LogP contribution in [0, 0.1) is 5.41 Å². The number of nitrogens with zero attached hydrogens (tertiary/aromatic N) is 2. The highest BCUT2D eigenvalue weighted by molar-refractivity contribution is 7.80. The number of hydrogen-bond acceptors (Lipinski definition) is 3. The summed E-state index contributed by atoms with van der Waals surface area (Å²) >= 11 is 4.71. The Morgan fingerprint density at radius 1 is 0.895 bits per heavy atom. The minimum Gasteiger partial charge on any atom is -0.301 e. The van der Waals surface area contributed by atoms with Crippen molar-refractivity contribution in [3.8, 4) is 0 Å². The van der Waals surface area contributed by atoms with Crippen molar-refractivity contribution >= 4 is 12.6 Å². The molecule has 112 valence electrons. The zero-order chi connectivity index (χ0) is 13.6. The molecule has 0 amide bonds. The van der Waals surface area contributed by atoms with Crippen molar-refractivity contribution in [1.82, 2.24) is 9.80 Å². The van der Waals surface area contributed by atoms with E-state index in [1.54, 1.807) is 0 Å². The van der Waals surface area contributed by atoms with E-state index in [-0.39, 0.29) is 0 Å². The third kappa shape index (κ3) is 4.64. The first-order valence-corrected chi connectivity index (χ1v) is 8.97. The van der Waals surface area contributed by atoms with Crippen molar-refractivity contribution in [1.29, 1.82) is 0 Å². The maximum Gasteiger partial charge on any atom is 0.0110 e. The topological polar surface area (TPSA) is 6.48 Å². The molecule has 0 bridgehead atoms. The fourth-order valence-corrected chi connectivity index (χ4v) is 4.22. The van der Waals surface area contributed by atoms with E-state index < -0.39 is 0 Å². The fraction of sp³-hybridized carbons (Fsp3) is 1.00. The maximum atomic E-state index is 4.71. The fourth-order valence-electron chi connectivity index (χ4n) is 3.81. The van der Waals surface area contributed by atoms with Gasteiger partial charge in [-0.3, -0.25) is 0 Å². The van der Waals surface area contributed by atoms with Crippen LogP contribution in [0.25, 0.3) is 0 Å². The third-order valence-electron chi connectivity index (χ3n) is 5.06.